The van der Waals surface area contributed by atoms with Crippen LogP contribution in [0.1, 0.15) is 24.0 Å². The van der Waals surface area contributed by atoms with E-state index in [9.17, 15) is 0 Å². The summed E-state index contributed by atoms with van der Waals surface area (Å²) in [5, 5.41) is 12.9. The average molecular weight is 352 g/mol. The topological polar surface area (TPSA) is 52.8 Å². The molecular formula is C19H20N4OS. The van der Waals surface area contributed by atoms with Crippen LogP contribution in [0.25, 0.3) is 5.69 Å². The smallest absolute Gasteiger partial charge is 0.214 e. The Morgan fingerprint density at radius 1 is 1.04 bits per heavy atom. The summed E-state index contributed by atoms with van der Waals surface area (Å²) in [7, 11) is 0. The normalized spacial score (nSPS) is 16.6. The Morgan fingerprint density at radius 2 is 1.84 bits per heavy atom. The summed E-state index contributed by atoms with van der Waals surface area (Å²) >= 11 is 1.69. The predicted molar refractivity (Wildman–Crippen MR) is 97.8 cm³/mol. The number of aromatic nitrogens is 4. The van der Waals surface area contributed by atoms with Gasteiger partial charge in [0, 0.05) is 5.75 Å². The first-order valence-electron chi connectivity index (χ1n) is 8.55. The lowest BCUT2D eigenvalue weighted by molar-refractivity contribution is 0.0230. The first-order valence-corrected chi connectivity index (χ1v) is 9.54. The number of para-hydroxylation sites is 1. The largest absolute Gasteiger partial charge is 0.373 e. The van der Waals surface area contributed by atoms with E-state index < -0.39 is 0 Å². The van der Waals surface area contributed by atoms with Crippen molar-refractivity contribution in [3.05, 3.63) is 65.7 Å². The molecule has 0 aliphatic carbocycles. The number of hydrogen-bond acceptors (Lipinski definition) is 5. The van der Waals surface area contributed by atoms with Gasteiger partial charge in [0.2, 0.25) is 5.16 Å². The van der Waals surface area contributed by atoms with Crippen molar-refractivity contribution in [2.75, 3.05) is 5.75 Å². The number of tetrazole rings is 1. The van der Waals surface area contributed by atoms with Crippen LogP contribution in [-0.4, -0.2) is 32.1 Å². The van der Waals surface area contributed by atoms with Gasteiger partial charge in [-0.3, -0.25) is 0 Å². The van der Waals surface area contributed by atoms with Gasteiger partial charge in [0.15, 0.2) is 0 Å². The minimum Gasteiger partial charge on any atom is -0.373 e. The molecule has 1 aliphatic rings. The molecule has 0 saturated heterocycles. The third kappa shape index (κ3) is 3.91. The Hall–Kier alpha value is -2.18. The van der Waals surface area contributed by atoms with Gasteiger partial charge >= 0.3 is 0 Å². The third-order valence-corrected chi connectivity index (χ3v) is 5.39. The van der Waals surface area contributed by atoms with Crippen molar-refractivity contribution in [2.45, 2.75) is 37.1 Å². The van der Waals surface area contributed by atoms with E-state index in [1.807, 2.05) is 30.3 Å². The first-order chi connectivity index (χ1) is 12.4. The molecule has 0 N–H and O–H groups in total. The highest BCUT2D eigenvalue weighted by Gasteiger charge is 2.18. The molecular weight excluding hydrogens is 332 g/mol. The van der Waals surface area contributed by atoms with Crippen LogP contribution in [-0.2, 0) is 17.8 Å². The molecule has 25 heavy (non-hydrogen) atoms. The van der Waals surface area contributed by atoms with E-state index in [4.69, 9.17) is 4.74 Å². The summed E-state index contributed by atoms with van der Waals surface area (Å²) in [6.07, 6.45) is 3.48. The molecule has 2 heterocycles. The average Bonchev–Trinajstić information content (AvgIpc) is 3.14. The second-order valence-corrected chi connectivity index (χ2v) is 7.17. The van der Waals surface area contributed by atoms with Gasteiger partial charge in [0.25, 0.3) is 0 Å². The number of fused-ring (bicyclic) bond motifs is 1. The molecule has 0 bridgehead atoms. The van der Waals surface area contributed by atoms with Crippen LogP contribution < -0.4 is 0 Å². The van der Waals surface area contributed by atoms with Crippen LogP contribution >= 0.6 is 11.8 Å². The maximum atomic E-state index is 5.98. The Labute approximate surface area is 151 Å². The molecule has 0 radical (unpaired) electrons. The van der Waals surface area contributed by atoms with Crippen molar-refractivity contribution in [1.29, 1.82) is 0 Å². The maximum absolute atomic E-state index is 5.98. The van der Waals surface area contributed by atoms with E-state index >= 15 is 0 Å². The van der Waals surface area contributed by atoms with Gasteiger partial charge in [-0.05, 0) is 52.9 Å². The number of hydrogen-bond donors (Lipinski definition) is 0. The highest BCUT2D eigenvalue weighted by Crippen LogP contribution is 2.24. The molecule has 128 valence electrons. The molecule has 1 unspecified atom stereocenters. The zero-order valence-electron chi connectivity index (χ0n) is 13.9. The zero-order valence-corrected chi connectivity index (χ0v) is 14.7. The molecule has 0 amide bonds. The molecule has 5 nitrogen and oxygen atoms in total. The summed E-state index contributed by atoms with van der Waals surface area (Å²) in [4.78, 5) is 0. The molecule has 6 heteroatoms. The number of benzene rings is 2. The fraction of sp³-hybridized carbons (Fsp3) is 0.316. The Bertz CT molecular complexity index is 821. The minimum absolute atomic E-state index is 0.320. The minimum atomic E-state index is 0.320. The Balaban J connectivity index is 1.28. The highest BCUT2D eigenvalue weighted by molar-refractivity contribution is 7.99. The first kappa shape index (κ1) is 16.3. The molecule has 4 rings (SSSR count). The van der Waals surface area contributed by atoms with Crippen molar-refractivity contribution < 1.29 is 4.74 Å². The standard InChI is InChI=1S/C19H20N4OS/c1-2-9-17(10-3-1)23-19(20-21-22-23)25-12-6-11-18-13-15-7-4-5-8-16(15)14-24-18/h1-5,7-10,18H,6,11-14H2. The van der Waals surface area contributed by atoms with E-state index in [1.165, 1.54) is 11.1 Å². The van der Waals surface area contributed by atoms with E-state index in [0.29, 0.717) is 6.10 Å². The molecule has 2 aromatic carbocycles. The van der Waals surface area contributed by atoms with Crippen molar-refractivity contribution in [2.24, 2.45) is 0 Å². The summed E-state index contributed by atoms with van der Waals surface area (Å²) in [6.45, 7) is 0.736. The van der Waals surface area contributed by atoms with Crippen molar-refractivity contribution in [3.8, 4) is 5.69 Å². The predicted octanol–water partition coefficient (Wildman–Crippen LogP) is 3.68. The fourth-order valence-corrected chi connectivity index (χ4v) is 3.92. The SMILES string of the molecule is c1ccc(-n2nnnc2SCCCC2Cc3ccccc3CO2)cc1. The van der Waals surface area contributed by atoms with Crippen molar-refractivity contribution >= 4 is 11.8 Å². The summed E-state index contributed by atoms with van der Waals surface area (Å²) in [5.74, 6) is 0.981. The number of thioether (sulfide) groups is 1. The van der Waals surface area contributed by atoms with Gasteiger partial charge in [-0.15, -0.1) is 5.10 Å². The van der Waals surface area contributed by atoms with E-state index in [1.54, 1.807) is 16.4 Å². The van der Waals surface area contributed by atoms with Gasteiger partial charge in [-0.25, -0.2) is 0 Å². The third-order valence-electron chi connectivity index (χ3n) is 4.38. The summed E-state index contributed by atoms with van der Waals surface area (Å²) in [5.41, 5.74) is 3.75. The number of ether oxygens (including phenoxy) is 1. The van der Waals surface area contributed by atoms with E-state index in [-0.39, 0.29) is 0 Å². The fourth-order valence-electron chi connectivity index (χ4n) is 3.07. The molecule has 0 saturated carbocycles. The lowest BCUT2D eigenvalue weighted by Crippen LogP contribution is -2.22. The van der Waals surface area contributed by atoms with Crippen LogP contribution in [0, 0.1) is 0 Å². The molecule has 1 atom stereocenters. The van der Waals surface area contributed by atoms with Gasteiger partial charge in [-0.2, -0.15) is 4.68 Å². The molecule has 1 aromatic heterocycles. The van der Waals surface area contributed by atoms with Crippen LogP contribution in [0.2, 0.25) is 0 Å². The molecule has 0 spiro atoms. The van der Waals surface area contributed by atoms with Crippen LogP contribution in [0.3, 0.4) is 0 Å². The van der Waals surface area contributed by atoms with E-state index in [0.717, 1.165) is 42.5 Å². The maximum Gasteiger partial charge on any atom is 0.214 e. The van der Waals surface area contributed by atoms with Crippen LogP contribution in [0.15, 0.2) is 59.8 Å². The lowest BCUT2D eigenvalue weighted by Gasteiger charge is -2.25. The second kappa shape index (κ2) is 7.80. The Kier molecular flexibility index (Phi) is 5.09. The molecule has 3 aromatic rings. The second-order valence-electron chi connectivity index (χ2n) is 6.11. The Morgan fingerprint density at radius 3 is 2.72 bits per heavy atom. The van der Waals surface area contributed by atoms with Crippen molar-refractivity contribution in [3.63, 3.8) is 0 Å². The van der Waals surface area contributed by atoms with Crippen LogP contribution in [0.5, 0.6) is 0 Å². The summed E-state index contributed by atoms with van der Waals surface area (Å²) in [6, 6.07) is 18.5. The monoisotopic (exact) mass is 352 g/mol. The zero-order chi connectivity index (χ0) is 16.9. The lowest BCUT2D eigenvalue weighted by atomic mass is 9.97. The number of rotatable bonds is 6. The van der Waals surface area contributed by atoms with Crippen molar-refractivity contribution in [1.82, 2.24) is 20.2 Å². The molecule has 1 aliphatic heterocycles. The van der Waals surface area contributed by atoms with Gasteiger partial charge in [0.1, 0.15) is 0 Å². The molecule has 0 fully saturated rings. The van der Waals surface area contributed by atoms with Gasteiger partial charge in [0.05, 0.1) is 18.4 Å². The quantitative estimate of drug-likeness (QED) is 0.500. The van der Waals surface area contributed by atoms with Gasteiger partial charge < -0.3 is 4.74 Å². The summed E-state index contributed by atoms with van der Waals surface area (Å²) < 4.78 is 7.77. The van der Waals surface area contributed by atoms with Gasteiger partial charge in [-0.1, -0.05) is 54.2 Å². The van der Waals surface area contributed by atoms with E-state index in [2.05, 4.69) is 39.8 Å². The highest BCUT2D eigenvalue weighted by atomic mass is 32.2. The number of nitrogens with zero attached hydrogens (tertiary/aromatic N) is 4. The van der Waals surface area contributed by atoms with Crippen LogP contribution in [0.4, 0.5) is 0 Å².